The molecular weight excluding hydrogens is 318 g/mol. The summed E-state index contributed by atoms with van der Waals surface area (Å²) in [6.45, 7) is 0.623. The second-order valence-electron chi connectivity index (χ2n) is 5.17. The van der Waals surface area contributed by atoms with Crippen molar-refractivity contribution in [3.05, 3.63) is 60.6 Å². The van der Waals surface area contributed by atoms with Gasteiger partial charge in [0.2, 0.25) is 5.95 Å². The van der Waals surface area contributed by atoms with Gasteiger partial charge in [-0.05, 0) is 35.9 Å². The molecule has 0 saturated carbocycles. The van der Waals surface area contributed by atoms with Gasteiger partial charge in [-0.1, -0.05) is 0 Å². The van der Waals surface area contributed by atoms with Gasteiger partial charge in [0.05, 0.1) is 19.9 Å². The lowest BCUT2D eigenvalue weighted by Crippen LogP contribution is -2.05. The molecule has 0 spiro atoms. The molecule has 0 bridgehead atoms. The van der Waals surface area contributed by atoms with Gasteiger partial charge in [0.1, 0.15) is 17.3 Å². The second-order valence-corrected chi connectivity index (χ2v) is 5.17. The zero-order chi connectivity index (χ0) is 17.5. The van der Waals surface area contributed by atoms with Crippen molar-refractivity contribution in [3.8, 4) is 11.5 Å². The van der Waals surface area contributed by atoms with Crippen LogP contribution in [0.4, 0.5) is 17.5 Å². The molecule has 0 aliphatic rings. The van der Waals surface area contributed by atoms with E-state index in [2.05, 4.69) is 25.6 Å². The maximum atomic E-state index is 5.39. The molecule has 0 aliphatic carbocycles. The largest absolute Gasteiger partial charge is 0.497 e. The Kier molecular flexibility index (Phi) is 5.26. The van der Waals surface area contributed by atoms with Crippen molar-refractivity contribution in [2.24, 2.45) is 0 Å². The molecule has 2 N–H and O–H groups in total. The predicted octanol–water partition coefficient (Wildman–Crippen LogP) is 3.24. The number of ether oxygens (including phenoxy) is 2. The van der Waals surface area contributed by atoms with Gasteiger partial charge in [-0.3, -0.25) is 4.98 Å². The first kappa shape index (κ1) is 16.5. The van der Waals surface area contributed by atoms with Gasteiger partial charge in [0.15, 0.2) is 0 Å². The summed E-state index contributed by atoms with van der Waals surface area (Å²) in [4.78, 5) is 12.7. The Hall–Kier alpha value is -3.35. The summed E-state index contributed by atoms with van der Waals surface area (Å²) in [5.41, 5.74) is 1.90. The normalized spacial score (nSPS) is 10.2. The lowest BCUT2D eigenvalue weighted by Gasteiger charge is -2.12. The smallest absolute Gasteiger partial charge is 0.224 e. The number of aromatic nitrogens is 3. The minimum absolute atomic E-state index is 0.536. The Morgan fingerprint density at radius 2 is 1.80 bits per heavy atom. The Morgan fingerprint density at radius 1 is 0.960 bits per heavy atom. The maximum Gasteiger partial charge on any atom is 0.224 e. The van der Waals surface area contributed by atoms with Crippen LogP contribution in [0.3, 0.4) is 0 Å². The minimum Gasteiger partial charge on any atom is -0.497 e. The maximum absolute atomic E-state index is 5.39. The summed E-state index contributed by atoms with van der Waals surface area (Å²) in [7, 11) is 3.23. The third-order valence-electron chi connectivity index (χ3n) is 3.53. The van der Waals surface area contributed by atoms with E-state index in [0.717, 1.165) is 17.0 Å². The van der Waals surface area contributed by atoms with Crippen LogP contribution in [0.5, 0.6) is 11.5 Å². The van der Waals surface area contributed by atoms with E-state index in [1.165, 1.54) is 0 Å². The zero-order valence-electron chi connectivity index (χ0n) is 14.1. The minimum atomic E-state index is 0.536. The highest BCUT2D eigenvalue weighted by Crippen LogP contribution is 2.31. The number of benzene rings is 1. The molecule has 0 amide bonds. The standard InChI is InChI=1S/C18H19N5O2/c1-24-14-3-4-15(16(11-14)25-2)22-17-7-10-20-18(23-17)21-12-13-5-8-19-9-6-13/h3-11H,12H2,1-2H3,(H2,20,21,22,23). The van der Waals surface area contributed by atoms with Crippen molar-refractivity contribution in [3.63, 3.8) is 0 Å². The molecule has 0 atom stereocenters. The third kappa shape index (κ3) is 4.35. The molecule has 7 heteroatoms. The fraction of sp³-hybridized carbons (Fsp3) is 0.167. The number of pyridine rings is 1. The van der Waals surface area contributed by atoms with Crippen LogP contribution in [-0.4, -0.2) is 29.2 Å². The summed E-state index contributed by atoms with van der Waals surface area (Å²) in [6, 6.07) is 11.2. The van der Waals surface area contributed by atoms with Crippen molar-refractivity contribution in [2.45, 2.75) is 6.54 Å². The van der Waals surface area contributed by atoms with E-state index in [1.807, 2.05) is 30.3 Å². The van der Waals surface area contributed by atoms with Gasteiger partial charge in [-0.2, -0.15) is 4.98 Å². The summed E-state index contributed by atoms with van der Waals surface area (Å²) in [5.74, 6) is 2.60. The van der Waals surface area contributed by atoms with Crippen LogP contribution >= 0.6 is 0 Å². The Morgan fingerprint density at radius 3 is 2.56 bits per heavy atom. The fourth-order valence-corrected chi connectivity index (χ4v) is 2.24. The Bertz CT molecular complexity index is 827. The van der Waals surface area contributed by atoms with Crippen molar-refractivity contribution >= 4 is 17.5 Å². The molecule has 0 radical (unpaired) electrons. The number of methoxy groups -OCH3 is 2. The van der Waals surface area contributed by atoms with E-state index in [1.54, 1.807) is 38.9 Å². The Balaban J connectivity index is 1.71. The molecular formula is C18H19N5O2. The fourth-order valence-electron chi connectivity index (χ4n) is 2.24. The number of anilines is 3. The van der Waals surface area contributed by atoms with E-state index in [-0.39, 0.29) is 0 Å². The molecule has 0 saturated heterocycles. The Labute approximate surface area is 146 Å². The molecule has 0 fully saturated rings. The van der Waals surface area contributed by atoms with E-state index < -0.39 is 0 Å². The first-order valence-electron chi connectivity index (χ1n) is 7.73. The highest BCUT2D eigenvalue weighted by Gasteiger charge is 2.07. The van der Waals surface area contributed by atoms with Gasteiger partial charge in [0.25, 0.3) is 0 Å². The van der Waals surface area contributed by atoms with Crippen molar-refractivity contribution < 1.29 is 9.47 Å². The molecule has 128 valence electrons. The van der Waals surface area contributed by atoms with Gasteiger partial charge < -0.3 is 20.1 Å². The van der Waals surface area contributed by atoms with Gasteiger partial charge in [0, 0.05) is 31.2 Å². The van der Waals surface area contributed by atoms with E-state index in [0.29, 0.717) is 24.1 Å². The van der Waals surface area contributed by atoms with Gasteiger partial charge in [-0.15, -0.1) is 0 Å². The quantitative estimate of drug-likeness (QED) is 0.685. The van der Waals surface area contributed by atoms with E-state index in [4.69, 9.17) is 9.47 Å². The molecule has 2 aromatic heterocycles. The van der Waals surface area contributed by atoms with Gasteiger partial charge in [-0.25, -0.2) is 4.98 Å². The number of nitrogens with one attached hydrogen (secondary N) is 2. The first-order chi connectivity index (χ1) is 12.3. The number of rotatable bonds is 7. The third-order valence-corrected chi connectivity index (χ3v) is 3.53. The average Bonchev–Trinajstić information content (AvgIpc) is 2.68. The molecule has 0 aliphatic heterocycles. The van der Waals surface area contributed by atoms with Crippen LogP contribution in [0.1, 0.15) is 5.56 Å². The van der Waals surface area contributed by atoms with Crippen molar-refractivity contribution in [1.82, 2.24) is 15.0 Å². The van der Waals surface area contributed by atoms with Crippen LogP contribution < -0.4 is 20.1 Å². The van der Waals surface area contributed by atoms with Crippen LogP contribution in [0, 0.1) is 0 Å². The number of hydrogen-bond donors (Lipinski definition) is 2. The lowest BCUT2D eigenvalue weighted by molar-refractivity contribution is 0.395. The van der Waals surface area contributed by atoms with Gasteiger partial charge >= 0.3 is 0 Å². The molecule has 3 rings (SSSR count). The lowest BCUT2D eigenvalue weighted by atomic mass is 10.2. The second kappa shape index (κ2) is 7.96. The van der Waals surface area contributed by atoms with E-state index in [9.17, 15) is 0 Å². The topological polar surface area (TPSA) is 81.2 Å². The first-order valence-corrected chi connectivity index (χ1v) is 7.73. The predicted molar refractivity (Wildman–Crippen MR) is 96.4 cm³/mol. The van der Waals surface area contributed by atoms with E-state index >= 15 is 0 Å². The molecule has 7 nitrogen and oxygen atoms in total. The van der Waals surface area contributed by atoms with Crippen molar-refractivity contribution in [1.29, 1.82) is 0 Å². The summed E-state index contributed by atoms with van der Waals surface area (Å²) < 4.78 is 10.6. The zero-order valence-corrected chi connectivity index (χ0v) is 14.1. The number of nitrogens with zero attached hydrogens (tertiary/aromatic N) is 3. The van der Waals surface area contributed by atoms with Crippen LogP contribution in [-0.2, 0) is 6.54 Å². The molecule has 3 aromatic rings. The molecule has 1 aromatic carbocycles. The summed E-state index contributed by atoms with van der Waals surface area (Å²) >= 11 is 0. The molecule has 0 unspecified atom stereocenters. The van der Waals surface area contributed by atoms with Crippen LogP contribution in [0.2, 0.25) is 0 Å². The number of hydrogen-bond acceptors (Lipinski definition) is 7. The molecule has 2 heterocycles. The monoisotopic (exact) mass is 337 g/mol. The van der Waals surface area contributed by atoms with Crippen LogP contribution in [0.25, 0.3) is 0 Å². The molecule has 25 heavy (non-hydrogen) atoms. The average molecular weight is 337 g/mol. The SMILES string of the molecule is COc1ccc(Nc2ccnc(NCc3ccncc3)n2)c(OC)c1. The highest BCUT2D eigenvalue weighted by molar-refractivity contribution is 5.66. The highest BCUT2D eigenvalue weighted by atomic mass is 16.5. The van der Waals surface area contributed by atoms with Crippen molar-refractivity contribution in [2.75, 3.05) is 24.9 Å². The van der Waals surface area contributed by atoms with Crippen LogP contribution in [0.15, 0.2) is 55.0 Å². The summed E-state index contributed by atoms with van der Waals surface area (Å²) in [6.07, 6.45) is 5.21. The summed E-state index contributed by atoms with van der Waals surface area (Å²) in [5, 5.41) is 6.42.